The summed E-state index contributed by atoms with van der Waals surface area (Å²) in [4.78, 5) is 2.21. The number of rotatable bonds is 5. The SMILES string of the molecule is C[C@H]1C[C@H](C)CN(S(=O)(=O)N2CCC(CCN(C)C)CC2)C1. The lowest BCUT2D eigenvalue weighted by Crippen LogP contribution is -2.51. The first kappa shape index (κ1) is 18.2. The summed E-state index contributed by atoms with van der Waals surface area (Å²) in [6.07, 6.45) is 4.33. The van der Waals surface area contributed by atoms with Crippen molar-refractivity contribution in [1.29, 1.82) is 0 Å². The third-order valence-corrected chi connectivity index (χ3v) is 7.01. The molecule has 5 nitrogen and oxygen atoms in total. The molecule has 0 radical (unpaired) electrons. The minimum Gasteiger partial charge on any atom is -0.309 e. The molecule has 2 fully saturated rings. The minimum atomic E-state index is -3.25. The van der Waals surface area contributed by atoms with Crippen LogP contribution in [-0.4, -0.2) is 68.7 Å². The van der Waals surface area contributed by atoms with Gasteiger partial charge in [-0.05, 0) is 64.1 Å². The third-order valence-electron chi connectivity index (χ3n) is 5.05. The molecule has 2 saturated heterocycles. The summed E-state index contributed by atoms with van der Waals surface area (Å²) in [5.41, 5.74) is 0. The molecule has 2 rings (SSSR count). The fraction of sp³-hybridized carbons (Fsp3) is 1.00. The van der Waals surface area contributed by atoms with Crippen LogP contribution in [0.2, 0.25) is 0 Å². The molecule has 0 aliphatic carbocycles. The summed E-state index contributed by atoms with van der Waals surface area (Å²) in [5, 5.41) is 0. The van der Waals surface area contributed by atoms with Crippen LogP contribution in [-0.2, 0) is 10.2 Å². The van der Waals surface area contributed by atoms with Crippen LogP contribution in [0.3, 0.4) is 0 Å². The zero-order chi connectivity index (χ0) is 16.3. The van der Waals surface area contributed by atoms with Crippen molar-refractivity contribution >= 4 is 10.2 Å². The van der Waals surface area contributed by atoms with Crippen molar-refractivity contribution in [2.75, 3.05) is 46.8 Å². The molecule has 2 aliphatic heterocycles. The second-order valence-corrected chi connectivity index (χ2v) is 9.63. The molecule has 0 saturated carbocycles. The van der Waals surface area contributed by atoms with E-state index in [0.717, 1.165) is 25.8 Å². The molecular formula is C16H33N3O2S. The minimum absolute atomic E-state index is 0.469. The van der Waals surface area contributed by atoms with Crippen molar-refractivity contribution in [3.8, 4) is 0 Å². The zero-order valence-electron chi connectivity index (χ0n) is 14.7. The van der Waals surface area contributed by atoms with Gasteiger partial charge < -0.3 is 4.90 Å². The van der Waals surface area contributed by atoms with Crippen LogP contribution in [0, 0.1) is 17.8 Å². The largest absolute Gasteiger partial charge is 0.309 e. The van der Waals surface area contributed by atoms with E-state index in [1.807, 2.05) is 0 Å². The van der Waals surface area contributed by atoms with Crippen LogP contribution in [0.15, 0.2) is 0 Å². The van der Waals surface area contributed by atoms with Crippen molar-refractivity contribution in [2.45, 2.75) is 39.5 Å². The second-order valence-electron chi connectivity index (χ2n) is 7.71. The van der Waals surface area contributed by atoms with Crippen LogP contribution in [0.1, 0.15) is 39.5 Å². The first-order chi connectivity index (χ1) is 10.3. The van der Waals surface area contributed by atoms with E-state index in [1.54, 1.807) is 8.61 Å². The van der Waals surface area contributed by atoms with Gasteiger partial charge in [-0.15, -0.1) is 0 Å². The van der Waals surface area contributed by atoms with E-state index >= 15 is 0 Å². The molecule has 22 heavy (non-hydrogen) atoms. The van der Waals surface area contributed by atoms with Crippen LogP contribution >= 0.6 is 0 Å². The van der Waals surface area contributed by atoms with E-state index in [1.165, 1.54) is 6.42 Å². The van der Waals surface area contributed by atoms with Gasteiger partial charge in [0.2, 0.25) is 0 Å². The molecule has 0 aromatic carbocycles. The fourth-order valence-corrected chi connectivity index (χ4v) is 5.71. The Hall–Kier alpha value is -0.170. The van der Waals surface area contributed by atoms with Gasteiger partial charge in [-0.2, -0.15) is 17.0 Å². The Bertz CT molecular complexity index is 434. The molecule has 2 heterocycles. The molecule has 0 N–H and O–H groups in total. The molecule has 0 unspecified atom stereocenters. The van der Waals surface area contributed by atoms with Crippen molar-refractivity contribution in [2.24, 2.45) is 17.8 Å². The Labute approximate surface area is 136 Å². The Morgan fingerprint density at radius 1 is 1.00 bits per heavy atom. The maximum atomic E-state index is 12.8. The highest BCUT2D eigenvalue weighted by Gasteiger charge is 2.36. The number of hydrogen-bond donors (Lipinski definition) is 0. The van der Waals surface area contributed by atoms with Gasteiger partial charge in [-0.1, -0.05) is 13.8 Å². The monoisotopic (exact) mass is 331 g/mol. The quantitative estimate of drug-likeness (QED) is 0.772. The summed E-state index contributed by atoms with van der Waals surface area (Å²) in [6, 6.07) is 0. The van der Waals surface area contributed by atoms with Gasteiger partial charge in [0.15, 0.2) is 0 Å². The van der Waals surface area contributed by atoms with Gasteiger partial charge in [-0.3, -0.25) is 0 Å². The van der Waals surface area contributed by atoms with Crippen LogP contribution in [0.4, 0.5) is 0 Å². The van der Waals surface area contributed by atoms with Crippen LogP contribution < -0.4 is 0 Å². The van der Waals surface area contributed by atoms with Crippen LogP contribution in [0.5, 0.6) is 0 Å². The summed E-state index contributed by atoms with van der Waals surface area (Å²) >= 11 is 0. The van der Waals surface area contributed by atoms with E-state index in [9.17, 15) is 8.42 Å². The zero-order valence-corrected chi connectivity index (χ0v) is 15.5. The molecular weight excluding hydrogens is 298 g/mol. The lowest BCUT2D eigenvalue weighted by Gasteiger charge is -2.39. The number of piperidine rings is 2. The Balaban J connectivity index is 1.89. The Kier molecular flexibility index (Phi) is 6.28. The highest BCUT2D eigenvalue weighted by atomic mass is 32.2. The summed E-state index contributed by atoms with van der Waals surface area (Å²) in [5.74, 6) is 1.61. The number of nitrogens with zero attached hydrogens (tertiary/aromatic N) is 3. The lowest BCUT2D eigenvalue weighted by atomic mass is 9.94. The van der Waals surface area contributed by atoms with Crippen molar-refractivity contribution in [1.82, 2.24) is 13.5 Å². The molecule has 2 atom stereocenters. The average molecular weight is 332 g/mol. The summed E-state index contributed by atoms with van der Waals surface area (Å²) in [6.45, 7) is 8.18. The van der Waals surface area contributed by atoms with Gasteiger partial charge in [0.25, 0.3) is 10.2 Å². The Morgan fingerprint density at radius 3 is 2.05 bits per heavy atom. The smallest absolute Gasteiger partial charge is 0.281 e. The topological polar surface area (TPSA) is 43.9 Å². The van der Waals surface area contributed by atoms with E-state index in [0.29, 0.717) is 43.9 Å². The van der Waals surface area contributed by atoms with E-state index in [4.69, 9.17) is 0 Å². The molecule has 0 aromatic rings. The third kappa shape index (κ3) is 4.66. The molecule has 6 heteroatoms. The van der Waals surface area contributed by atoms with Crippen molar-refractivity contribution in [3.05, 3.63) is 0 Å². The first-order valence-corrected chi connectivity index (χ1v) is 10.1. The van der Waals surface area contributed by atoms with E-state index < -0.39 is 10.2 Å². The summed E-state index contributed by atoms with van der Waals surface area (Å²) < 4.78 is 29.2. The van der Waals surface area contributed by atoms with Gasteiger partial charge in [0.05, 0.1) is 0 Å². The molecule has 2 aliphatic rings. The highest BCUT2D eigenvalue weighted by Crippen LogP contribution is 2.28. The van der Waals surface area contributed by atoms with E-state index in [-0.39, 0.29) is 0 Å². The first-order valence-electron chi connectivity index (χ1n) is 8.69. The second kappa shape index (κ2) is 7.60. The fourth-order valence-electron chi connectivity index (χ4n) is 3.83. The normalized spacial score (nSPS) is 30.0. The molecule has 0 spiro atoms. The maximum Gasteiger partial charge on any atom is 0.281 e. The highest BCUT2D eigenvalue weighted by molar-refractivity contribution is 7.86. The van der Waals surface area contributed by atoms with Gasteiger partial charge in [0.1, 0.15) is 0 Å². The lowest BCUT2D eigenvalue weighted by molar-refractivity contribution is 0.191. The number of hydrogen-bond acceptors (Lipinski definition) is 3. The maximum absolute atomic E-state index is 12.8. The molecule has 0 aromatic heterocycles. The predicted octanol–water partition coefficient (Wildman–Crippen LogP) is 1.87. The van der Waals surface area contributed by atoms with Crippen molar-refractivity contribution in [3.63, 3.8) is 0 Å². The molecule has 0 bridgehead atoms. The standard InChI is InChI=1S/C16H33N3O2S/c1-14-11-15(2)13-19(12-14)22(20,21)18-9-6-16(7-10-18)5-8-17(3)4/h14-16H,5-13H2,1-4H3/t14-,15-/m0/s1. The Morgan fingerprint density at radius 2 is 1.55 bits per heavy atom. The van der Waals surface area contributed by atoms with Crippen LogP contribution in [0.25, 0.3) is 0 Å². The van der Waals surface area contributed by atoms with Gasteiger partial charge >= 0.3 is 0 Å². The summed E-state index contributed by atoms with van der Waals surface area (Å²) in [7, 11) is 0.942. The molecule has 0 amide bonds. The average Bonchev–Trinajstić information content (AvgIpc) is 2.44. The molecule has 130 valence electrons. The van der Waals surface area contributed by atoms with E-state index in [2.05, 4.69) is 32.8 Å². The van der Waals surface area contributed by atoms with Gasteiger partial charge in [-0.25, -0.2) is 0 Å². The predicted molar refractivity (Wildman–Crippen MR) is 90.9 cm³/mol. The van der Waals surface area contributed by atoms with Crippen molar-refractivity contribution < 1.29 is 8.42 Å². The van der Waals surface area contributed by atoms with Gasteiger partial charge in [0, 0.05) is 26.2 Å².